The van der Waals surface area contributed by atoms with Gasteiger partial charge in [0.2, 0.25) is 10.0 Å². The summed E-state index contributed by atoms with van der Waals surface area (Å²) in [6.07, 6.45) is 0.912. The number of primary sulfonamides is 1. The smallest absolute Gasteiger partial charge is 0.415 e. The van der Waals surface area contributed by atoms with Gasteiger partial charge in [-0.15, -0.1) is 0 Å². The predicted molar refractivity (Wildman–Crippen MR) is 85.7 cm³/mol. The van der Waals surface area contributed by atoms with Gasteiger partial charge in [-0.1, -0.05) is 0 Å². The monoisotopic (exact) mass is 377 g/mol. The molecule has 1 heterocycles. The molecule has 0 unspecified atom stereocenters. The average molecular weight is 377 g/mol. The molecule has 0 amide bonds. The summed E-state index contributed by atoms with van der Waals surface area (Å²) < 4.78 is 56.7. The highest BCUT2D eigenvalue weighted by Crippen LogP contribution is 2.28. The number of hydrogen-bond acceptors (Lipinski definition) is 5. The van der Waals surface area contributed by atoms with Crippen molar-refractivity contribution in [3.8, 4) is 23.0 Å². The highest BCUT2D eigenvalue weighted by atomic mass is 32.2. The van der Waals surface area contributed by atoms with Crippen LogP contribution in [0.1, 0.15) is 5.56 Å². The van der Waals surface area contributed by atoms with Gasteiger partial charge in [-0.2, -0.15) is 5.26 Å². The highest BCUT2D eigenvalue weighted by Gasteiger charge is 2.22. The fourth-order valence-corrected chi connectivity index (χ4v) is 2.96. The van der Waals surface area contributed by atoms with Gasteiger partial charge in [0.15, 0.2) is 0 Å². The molecule has 2 N–H and O–H groups in total. The standard InChI is InChI=1S/C16H9F2N3O4S/c17-12-6-15(26(20,23)24)13(18)5-11(12)14-8-25-16(22)21(14)10-3-1-9(7-19)2-4-10/h1-6,8H,(H2,20,23,24). The van der Waals surface area contributed by atoms with Crippen molar-refractivity contribution < 1.29 is 21.6 Å². The topological polar surface area (TPSA) is 119 Å². The molecule has 3 aromatic rings. The molecular formula is C16H9F2N3O4S. The molecular weight excluding hydrogens is 368 g/mol. The number of nitrogens with zero attached hydrogens (tertiary/aromatic N) is 2. The number of nitrogens with two attached hydrogens (primary N) is 1. The predicted octanol–water partition coefficient (Wildman–Crippen LogP) is 1.89. The largest absolute Gasteiger partial charge is 0.424 e. The van der Waals surface area contributed by atoms with Gasteiger partial charge < -0.3 is 4.42 Å². The lowest BCUT2D eigenvalue weighted by Crippen LogP contribution is -2.16. The Labute approximate surface area is 145 Å². The van der Waals surface area contributed by atoms with E-state index in [1.807, 2.05) is 6.07 Å². The second-order valence-electron chi connectivity index (χ2n) is 5.19. The summed E-state index contributed by atoms with van der Waals surface area (Å²) in [6, 6.07) is 8.66. The van der Waals surface area contributed by atoms with E-state index in [2.05, 4.69) is 0 Å². The summed E-state index contributed by atoms with van der Waals surface area (Å²) in [7, 11) is -4.46. The second kappa shape index (κ2) is 6.21. The maximum Gasteiger partial charge on any atom is 0.424 e. The van der Waals surface area contributed by atoms with E-state index in [-0.39, 0.29) is 11.4 Å². The molecule has 7 nitrogen and oxygen atoms in total. The molecule has 0 atom stereocenters. The molecule has 0 fully saturated rings. The minimum atomic E-state index is -4.46. The van der Waals surface area contributed by atoms with Crippen LogP contribution in [0.25, 0.3) is 16.9 Å². The third-order valence-electron chi connectivity index (χ3n) is 3.55. The molecule has 0 saturated heterocycles. The van der Waals surface area contributed by atoms with Crippen LogP contribution in [0.5, 0.6) is 0 Å². The Hall–Kier alpha value is -3.29. The SMILES string of the molecule is N#Cc1ccc(-n2c(-c3cc(F)c(S(N)(=O)=O)cc3F)coc2=O)cc1. The van der Waals surface area contributed by atoms with Gasteiger partial charge in [0, 0.05) is 5.56 Å². The van der Waals surface area contributed by atoms with E-state index in [4.69, 9.17) is 14.8 Å². The summed E-state index contributed by atoms with van der Waals surface area (Å²) in [5, 5.41) is 13.7. The molecule has 0 spiro atoms. The van der Waals surface area contributed by atoms with Gasteiger partial charge in [0.05, 0.1) is 23.0 Å². The Morgan fingerprint density at radius 2 is 1.77 bits per heavy atom. The number of oxazole rings is 1. The van der Waals surface area contributed by atoms with E-state index in [0.717, 1.165) is 10.8 Å². The Morgan fingerprint density at radius 1 is 1.12 bits per heavy atom. The van der Waals surface area contributed by atoms with Crippen molar-refractivity contribution in [1.82, 2.24) is 4.57 Å². The zero-order valence-electron chi connectivity index (χ0n) is 12.8. The molecule has 0 aliphatic rings. The third kappa shape index (κ3) is 3.01. The molecule has 0 aliphatic heterocycles. The van der Waals surface area contributed by atoms with Crippen molar-refractivity contribution in [1.29, 1.82) is 5.26 Å². The lowest BCUT2D eigenvalue weighted by molar-refractivity contribution is 0.504. The summed E-state index contributed by atoms with van der Waals surface area (Å²) in [5.74, 6) is -3.26. The van der Waals surface area contributed by atoms with E-state index in [1.54, 1.807) is 0 Å². The van der Waals surface area contributed by atoms with E-state index in [0.29, 0.717) is 17.7 Å². The van der Waals surface area contributed by atoms with Crippen LogP contribution in [0.2, 0.25) is 0 Å². The molecule has 132 valence electrons. The summed E-state index contributed by atoms with van der Waals surface area (Å²) in [6.45, 7) is 0. The van der Waals surface area contributed by atoms with Gasteiger partial charge in [-0.3, -0.25) is 0 Å². The maximum absolute atomic E-state index is 14.4. The number of aromatic nitrogens is 1. The first-order valence-corrected chi connectivity index (χ1v) is 8.50. The van der Waals surface area contributed by atoms with Gasteiger partial charge in [0.1, 0.15) is 22.8 Å². The van der Waals surface area contributed by atoms with Crippen molar-refractivity contribution in [3.05, 3.63) is 70.4 Å². The molecule has 0 bridgehead atoms. The summed E-state index contributed by atoms with van der Waals surface area (Å²) >= 11 is 0. The number of benzene rings is 2. The second-order valence-corrected chi connectivity index (χ2v) is 6.72. The highest BCUT2D eigenvalue weighted by molar-refractivity contribution is 7.89. The molecule has 2 aromatic carbocycles. The Balaban J connectivity index is 2.22. The molecule has 3 rings (SSSR count). The Kier molecular flexibility index (Phi) is 4.19. The number of rotatable bonds is 3. The number of hydrogen-bond donors (Lipinski definition) is 1. The minimum absolute atomic E-state index is 0.142. The zero-order chi connectivity index (χ0) is 19.1. The van der Waals surface area contributed by atoms with Gasteiger partial charge in [-0.25, -0.2) is 31.7 Å². The van der Waals surface area contributed by atoms with E-state index in [1.165, 1.54) is 24.3 Å². The first kappa shape index (κ1) is 17.5. The van der Waals surface area contributed by atoms with Crippen molar-refractivity contribution in [2.45, 2.75) is 4.90 Å². The van der Waals surface area contributed by atoms with Crippen LogP contribution in [0.15, 0.2) is 56.8 Å². The van der Waals surface area contributed by atoms with Gasteiger partial charge in [0.25, 0.3) is 0 Å². The third-order valence-corrected chi connectivity index (χ3v) is 4.48. The lowest BCUT2D eigenvalue weighted by Gasteiger charge is -2.09. The Bertz CT molecular complexity index is 1210. The molecule has 26 heavy (non-hydrogen) atoms. The van der Waals surface area contributed by atoms with Crippen LogP contribution in [0, 0.1) is 23.0 Å². The fraction of sp³-hybridized carbons (Fsp3) is 0. The molecule has 1 aromatic heterocycles. The average Bonchev–Trinajstić information content (AvgIpc) is 2.97. The van der Waals surface area contributed by atoms with Gasteiger partial charge in [-0.05, 0) is 36.4 Å². The molecule has 0 aliphatic carbocycles. The lowest BCUT2D eigenvalue weighted by atomic mass is 10.1. The van der Waals surface area contributed by atoms with Gasteiger partial charge >= 0.3 is 5.76 Å². The number of halogens is 2. The van der Waals surface area contributed by atoms with E-state index < -0.39 is 37.9 Å². The van der Waals surface area contributed by atoms with Crippen LogP contribution in [0.4, 0.5) is 8.78 Å². The molecule has 0 radical (unpaired) electrons. The number of sulfonamides is 1. The van der Waals surface area contributed by atoms with Crippen LogP contribution in [-0.4, -0.2) is 13.0 Å². The summed E-state index contributed by atoms with van der Waals surface area (Å²) in [4.78, 5) is 11.0. The zero-order valence-corrected chi connectivity index (χ0v) is 13.6. The van der Waals surface area contributed by atoms with Crippen LogP contribution < -0.4 is 10.9 Å². The number of nitriles is 1. The van der Waals surface area contributed by atoms with Crippen molar-refractivity contribution in [3.63, 3.8) is 0 Å². The minimum Gasteiger partial charge on any atom is -0.415 e. The Morgan fingerprint density at radius 3 is 2.35 bits per heavy atom. The van der Waals surface area contributed by atoms with Crippen molar-refractivity contribution in [2.75, 3.05) is 0 Å². The van der Waals surface area contributed by atoms with Crippen molar-refractivity contribution in [2.24, 2.45) is 5.14 Å². The quantitative estimate of drug-likeness (QED) is 0.748. The van der Waals surface area contributed by atoms with Crippen LogP contribution in [-0.2, 0) is 10.0 Å². The van der Waals surface area contributed by atoms with Crippen LogP contribution >= 0.6 is 0 Å². The first-order valence-electron chi connectivity index (χ1n) is 6.95. The van der Waals surface area contributed by atoms with Crippen molar-refractivity contribution >= 4 is 10.0 Å². The molecule has 0 saturated carbocycles. The van der Waals surface area contributed by atoms with Crippen LogP contribution in [0.3, 0.4) is 0 Å². The fourth-order valence-electron chi connectivity index (χ4n) is 2.37. The first-order chi connectivity index (χ1) is 12.2. The van der Waals surface area contributed by atoms with E-state index >= 15 is 0 Å². The summed E-state index contributed by atoms with van der Waals surface area (Å²) in [5.41, 5.74) is 0.0387. The maximum atomic E-state index is 14.4. The van der Waals surface area contributed by atoms with E-state index in [9.17, 15) is 22.0 Å². The molecule has 10 heteroatoms. The normalized spacial score (nSPS) is 11.3.